The van der Waals surface area contributed by atoms with E-state index in [0.717, 1.165) is 16.3 Å². The van der Waals surface area contributed by atoms with Gasteiger partial charge in [-0.3, -0.25) is 0 Å². The molecule has 0 aliphatic rings. The Morgan fingerprint density at radius 2 is 2.18 bits per heavy atom. The van der Waals surface area contributed by atoms with E-state index in [1.807, 2.05) is 6.20 Å². The van der Waals surface area contributed by atoms with Gasteiger partial charge in [0, 0.05) is 43.8 Å². The summed E-state index contributed by atoms with van der Waals surface area (Å²) in [5.74, 6) is 0. The quantitative estimate of drug-likeness (QED) is 0.901. The molecule has 2 aromatic rings. The molecule has 0 spiro atoms. The minimum atomic E-state index is 0.579. The minimum Gasteiger partial charge on any atom is -0.378 e. The molecule has 90 valence electrons. The SMILES string of the molecule is CN(C)c1cccc(Cc2ncc(CN)s2)c1. The van der Waals surface area contributed by atoms with Crippen LogP contribution in [0.3, 0.4) is 0 Å². The molecule has 0 bridgehead atoms. The first-order chi connectivity index (χ1) is 8.19. The monoisotopic (exact) mass is 247 g/mol. The summed E-state index contributed by atoms with van der Waals surface area (Å²) in [5, 5.41) is 1.13. The molecule has 2 N–H and O–H groups in total. The Morgan fingerprint density at radius 3 is 2.82 bits per heavy atom. The van der Waals surface area contributed by atoms with Gasteiger partial charge in [0.1, 0.15) is 0 Å². The highest BCUT2D eigenvalue weighted by Gasteiger charge is 2.03. The highest BCUT2D eigenvalue weighted by Crippen LogP contribution is 2.19. The van der Waals surface area contributed by atoms with Crippen LogP contribution in [0.4, 0.5) is 5.69 Å². The first kappa shape index (κ1) is 12.1. The fourth-order valence-corrected chi connectivity index (χ4v) is 2.48. The van der Waals surface area contributed by atoms with Gasteiger partial charge in [-0.2, -0.15) is 0 Å². The molecule has 2 rings (SSSR count). The molecule has 1 aromatic carbocycles. The molecular formula is C13H17N3S. The first-order valence-electron chi connectivity index (χ1n) is 5.59. The first-order valence-corrected chi connectivity index (χ1v) is 6.40. The van der Waals surface area contributed by atoms with Crippen molar-refractivity contribution in [2.45, 2.75) is 13.0 Å². The third-order valence-corrected chi connectivity index (χ3v) is 3.60. The van der Waals surface area contributed by atoms with E-state index in [4.69, 9.17) is 5.73 Å². The van der Waals surface area contributed by atoms with Gasteiger partial charge in [0.05, 0.1) is 5.01 Å². The maximum atomic E-state index is 5.58. The fourth-order valence-electron chi connectivity index (χ4n) is 1.64. The smallest absolute Gasteiger partial charge is 0.0972 e. The van der Waals surface area contributed by atoms with Crippen molar-refractivity contribution in [3.8, 4) is 0 Å². The zero-order chi connectivity index (χ0) is 12.3. The summed E-state index contributed by atoms with van der Waals surface area (Å²) in [6.45, 7) is 0.579. The van der Waals surface area contributed by atoms with Gasteiger partial charge >= 0.3 is 0 Å². The van der Waals surface area contributed by atoms with Crippen LogP contribution in [0.15, 0.2) is 30.5 Å². The number of aromatic nitrogens is 1. The number of hydrogen-bond donors (Lipinski definition) is 1. The van der Waals surface area contributed by atoms with Crippen LogP contribution in [0.25, 0.3) is 0 Å². The summed E-state index contributed by atoms with van der Waals surface area (Å²) in [4.78, 5) is 7.63. The summed E-state index contributed by atoms with van der Waals surface area (Å²) >= 11 is 1.69. The Hall–Kier alpha value is -1.39. The van der Waals surface area contributed by atoms with Gasteiger partial charge < -0.3 is 10.6 Å². The van der Waals surface area contributed by atoms with Crippen molar-refractivity contribution in [1.29, 1.82) is 0 Å². The van der Waals surface area contributed by atoms with E-state index in [-0.39, 0.29) is 0 Å². The van der Waals surface area contributed by atoms with Crippen molar-refractivity contribution in [2.75, 3.05) is 19.0 Å². The molecule has 0 fully saturated rings. The molecule has 3 nitrogen and oxygen atoms in total. The Bertz CT molecular complexity index is 491. The summed E-state index contributed by atoms with van der Waals surface area (Å²) in [5.41, 5.74) is 8.09. The molecule has 0 saturated heterocycles. The number of nitrogens with two attached hydrogens (primary N) is 1. The van der Waals surface area contributed by atoms with Crippen molar-refractivity contribution in [3.63, 3.8) is 0 Å². The normalized spacial score (nSPS) is 10.5. The van der Waals surface area contributed by atoms with Crippen LogP contribution in [0.5, 0.6) is 0 Å². The number of hydrogen-bond acceptors (Lipinski definition) is 4. The van der Waals surface area contributed by atoms with E-state index in [0.29, 0.717) is 6.54 Å². The van der Waals surface area contributed by atoms with E-state index >= 15 is 0 Å². The lowest BCUT2D eigenvalue weighted by molar-refractivity contribution is 1.08. The molecule has 0 saturated carbocycles. The summed E-state index contributed by atoms with van der Waals surface area (Å²) in [6.07, 6.45) is 2.75. The summed E-state index contributed by atoms with van der Waals surface area (Å²) < 4.78 is 0. The zero-order valence-corrected chi connectivity index (χ0v) is 11.0. The highest BCUT2D eigenvalue weighted by atomic mass is 32.1. The van der Waals surface area contributed by atoms with Crippen LogP contribution in [0, 0.1) is 0 Å². The molecule has 1 aromatic heterocycles. The van der Waals surface area contributed by atoms with Crippen LogP contribution in [0.1, 0.15) is 15.4 Å². The average molecular weight is 247 g/mol. The third-order valence-electron chi connectivity index (χ3n) is 2.58. The topological polar surface area (TPSA) is 42.2 Å². The predicted octanol–water partition coefficient (Wildman–Crippen LogP) is 2.26. The molecule has 0 amide bonds. The van der Waals surface area contributed by atoms with E-state index in [1.54, 1.807) is 11.3 Å². The summed E-state index contributed by atoms with van der Waals surface area (Å²) in [6, 6.07) is 8.53. The molecule has 0 unspecified atom stereocenters. The predicted molar refractivity (Wildman–Crippen MR) is 73.6 cm³/mol. The molecule has 17 heavy (non-hydrogen) atoms. The molecule has 0 aliphatic carbocycles. The molecular weight excluding hydrogens is 230 g/mol. The summed E-state index contributed by atoms with van der Waals surface area (Å²) in [7, 11) is 4.10. The number of benzene rings is 1. The molecule has 1 heterocycles. The van der Waals surface area contributed by atoms with Gasteiger partial charge in [0.15, 0.2) is 0 Å². The minimum absolute atomic E-state index is 0.579. The van der Waals surface area contributed by atoms with Crippen LogP contribution in [-0.4, -0.2) is 19.1 Å². The number of nitrogens with zero attached hydrogens (tertiary/aromatic N) is 2. The Kier molecular flexibility index (Phi) is 3.76. The van der Waals surface area contributed by atoms with E-state index < -0.39 is 0 Å². The maximum Gasteiger partial charge on any atom is 0.0972 e. The molecule has 0 radical (unpaired) electrons. The molecule has 0 aliphatic heterocycles. The van der Waals surface area contributed by atoms with Crippen LogP contribution < -0.4 is 10.6 Å². The Balaban J connectivity index is 2.15. The van der Waals surface area contributed by atoms with Gasteiger partial charge in [-0.05, 0) is 17.7 Å². The van der Waals surface area contributed by atoms with Crippen molar-refractivity contribution in [1.82, 2.24) is 4.98 Å². The largest absolute Gasteiger partial charge is 0.378 e. The van der Waals surface area contributed by atoms with Crippen molar-refractivity contribution < 1.29 is 0 Å². The number of thiazole rings is 1. The molecule has 4 heteroatoms. The Labute approximate surface area is 106 Å². The van der Waals surface area contributed by atoms with E-state index in [1.165, 1.54) is 11.3 Å². The number of anilines is 1. The van der Waals surface area contributed by atoms with Gasteiger partial charge in [0.25, 0.3) is 0 Å². The second kappa shape index (κ2) is 5.29. The second-order valence-electron chi connectivity index (χ2n) is 4.17. The second-order valence-corrected chi connectivity index (χ2v) is 5.37. The van der Waals surface area contributed by atoms with E-state index in [9.17, 15) is 0 Å². The van der Waals surface area contributed by atoms with Gasteiger partial charge in [-0.15, -0.1) is 11.3 Å². The lowest BCUT2D eigenvalue weighted by Gasteiger charge is -2.13. The Morgan fingerprint density at radius 1 is 1.35 bits per heavy atom. The maximum absolute atomic E-state index is 5.58. The fraction of sp³-hybridized carbons (Fsp3) is 0.308. The molecule has 0 atom stereocenters. The average Bonchev–Trinajstić information content (AvgIpc) is 2.77. The van der Waals surface area contributed by atoms with Crippen molar-refractivity contribution in [2.24, 2.45) is 5.73 Å². The van der Waals surface area contributed by atoms with E-state index in [2.05, 4.69) is 48.2 Å². The standard InChI is InChI=1S/C13H17N3S/c1-16(2)11-5-3-4-10(6-11)7-13-15-9-12(8-14)17-13/h3-6,9H,7-8,14H2,1-2H3. The van der Waals surface area contributed by atoms with Gasteiger partial charge in [-0.25, -0.2) is 4.98 Å². The lowest BCUT2D eigenvalue weighted by atomic mass is 10.1. The number of rotatable bonds is 4. The van der Waals surface area contributed by atoms with Crippen molar-refractivity contribution in [3.05, 3.63) is 45.9 Å². The van der Waals surface area contributed by atoms with Crippen LogP contribution in [0.2, 0.25) is 0 Å². The lowest BCUT2D eigenvalue weighted by Crippen LogP contribution is -2.08. The zero-order valence-electron chi connectivity index (χ0n) is 10.2. The third kappa shape index (κ3) is 3.05. The highest BCUT2D eigenvalue weighted by molar-refractivity contribution is 7.11. The van der Waals surface area contributed by atoms with Crippen molar-refractivity contribution >= 4 is 17.0 Å². The van der Waals surface area contributed by atoms with Gasteiger partial charge in [0.2, 0.25) is 0 Å². The van der Waals surface area contributed by atoms with Crippen LogP contribution >= 0.6 is 11.3 Å². The van der Waals surface area contributed by atoms with Crippen LogP contribution in [-0.2, 0) is 13.0 Å². The van der Waals surface area contributed by atoms with Gasteiger partial charge in [-0.1, -0.05) is 12.1 Å².